The second-order valence-corrected chi connectivity index (χ2v) is 14.7. The first kappa shape index (κ1) is 34.9. The molecule has 0 radical (unpaired) electrons. The summed E-state index contributed by atoms with van der Waals surface area (Å²) in [5.74, 6) is 0.0330. The van der Waals surface area contributed by atoms with Crippen LogP contribution in [-0.4, -0.2) is 58.6 Å². The Bertz CT molecular complexity index is 1850. The Hall–Kier alpha value is -4.45. The smallest absolute Gasteiger partial charge is 0.326 e. The first-order valence-electron chi connectivity index (χ1n) is 15.8. The van der Waals surface area contributed by atoms with Crippen molar-refractivity contribution in [2.24, 2.45) is 5.92 Å². The lowest BCUT2D eigenvalue weighted by Crippen LogP contribution is -2.55. The van der Waals surface area contributed by atoms with E-state index in [9.17, 15) is 18.9 Å². The molecule has 1 amide bonds. The van der Waals surface area contributed by atoms with Gasteiger partial charge in [0.15, 0.2) is 11.3 Å². The van der Waals surface area contributed by atoms with Gasteiger partial charge in [-0.15, -0.1) is 0 Å². The third-order valence-corrected chi connectivity index (χ3v) is 10.4. The molecule has 48 heavy (non-hydrogen) atoms. The Kier molecular flexibility index (Phi) is 9.87. The molecular formula is C34H42N5O8P. The average molecular weight is 680 g/mol. The highest BCUT2D eigenvalue weighted by Gasteiger charge is 2.45. The summed E-state index contributed by atoms with van der Waals surface area (Å²) in [4.78, 5) is 42.6. The fourth-order valence-corrected chi connectivity index (χ4v) is 7.77. The molecule has 1 saturated carbocycles. The number of ether oxygens (including phenoxy) is 3. The van der Waals surface area contributed by atoms with Gasteiger partial charge in [-0.3, -0.25) is 23.3 Å². The van der Waals surface area contributed by atoms with Gasteiger partial charge in [0.05, 0.1) is 37.8 Å². The van der Waals surface area contributed by atoms with Crippen LogP contribution in [0.1, 0.15) is 54.4 Å². The highest BCUT2D eigenvalue weighted by molar-refractivity contribution is 7.67. The lowest BCUT2D eigenvalue weighted by Gasteiger charge is -2.34. The summed E-state index contributed by atoms with van der Waals surface area (Å²) >= 11 is 0. The topological polar surface area (TPSA) is 162 Å². The fourth-order valence-electron chi connectivity index (χ4n) is 5.22. The predicted octanol–water partition coefficient (Wildman–Crippen LogP) is 5.30. The van der Waals surface area contributed by atoms with Crippen molar-refractivity contribution in [3.63, 3.8) is 0 Å². The van der Waals surface area contributed by atoms with Crippen molar-refractivity contribution in [2.75, 3.05) is 25.6 Å². The van der Waals surface area contributed by atoms with Gasteiger partial charge in [0.25, 0.3) is 7.44 Å². The Morgan fingerprint density at radius 2 is 1.60 bits per heavy atom. The molecule has 1 fully saturated rings. The van der Waals surface area contributed by atoms with E-state index in [4.69, 9.17) is 18.6 Å². The minimum absolute atomic E-state index is 0.0298. The standard InChI is InChI=1S/C34H42N5O8P/c1-8-45-31(41)33(3,4)37-48(43,38-34(5,6)32(42)46-9-2)29-18-17-26(47-29)23-19-22(15-16-25(23)44-7)24-11-10-12-28-35-27(20-39(24)28)36-30(40)21-13-14-21/h10-12,15-21H,8-9,13-14H2,1-7H3,(H,36,40)(H2,37,38,43). The van der Waals surface area contributed by atoms with E-state index in [1.165, 1.54) is 40.9 Å². The van der Waals surface area contributed by atoms with Crippen LogP contribution in [0.2, 0.25) is 0 Å². The first-order chi connectivity index (χ1) is 22.7. The van der Waals surface area contributed by atoms with Gasteiger partial charge < -0.3 is 23.9 Å². The van der Waals surface area contributed by atoms with Gasteiger partial charge in [0.1, 0.15) is 28.2 Å². The maximum Gasteiger partial charge on any atom is 0.326 e. The predicted molar refractivity (Wildman–Crippen MR) is 181 cm³/mol. The first-order valence-corrected chi connectivity index (χ1v) is 17.5. The SMILES string of the molecule is CCOC(=O)C(C)(C)NP(=O)(NC(C)(C)C(=O)OCC)c1ccc(-c2cc(-c3cccc4nc(NC(=O)C5CC5)cn34)ccc2OC)o1. The monoisotopic (exact) mass is 679 g/mol. The van der Waals surface area contributed by atoms with Crippen molar-refractivity contribution < 1.29 is 37.6 Å². The number of hydrogen-bond donors (Lipinski definition) is 3. The molecule has 4 aromatic rings. The molecule has 3 heterocycles. The lowest BCUT2D eigenvalue weighted by atomic mass is 10.0. The zero-order valence-corrected chi connectivity index (χ0v) is 29.1. The molecule has 1 aliphatic carbocycles. The molecular weight excluding hydrogens is 637 g/mol. The Labute approximate surface area is 279 Å². The van der Waals surface area contributed by atoms with E-state index < -0.39 is 30.5 Å². The third-order valence-electron chi connectivity index (χ3n) is 7.80. The number of fused-ring (bicyclic) bond motifs is 1. The van der Waals surface area contributed by atoms with E-state index in [0.29, 0.717) is 28.5 Å². The van der Waals surface area contributed by atoms with E-state index in [2.05, 4.69) is 20.5 Å². The number of aromatic nitrogens is 2. The minimum Gasteiger partial charge on any atom is -0.496 e. The maximum absolute atomic E-state index is 14.8. The van der Waals surface area contributed by atoms with E-state index in [1.807, 2.05) is 34.7 Å². The van der Waals surface area contributed by atoms with Crippen LogP contribution >= 0.6 is 7.44 Å². The number of anilines is 1. The summed E-state index contributed by atoms with van der Waals surface area (Å²) in [6, 6.07) is 14.4. The van der Waals surface area contributed by atoms with Crippen LogP contribution in [0, 0.1) is 5.92 Å². The molecule has 0 aliphatic heterocycles. The van der Waals surface area contributed by atoms with Crippen LogP contribution in [0.3, 0.4) is 0 Å². The summed E-state index contributed by atoms with van der Waals surface area (Å²) in [5, 5.41) is 8.70. The van der Waals surface area contributed by atoms with Gasteiger partial charge in [-0.05, 0) is 102 Å². The van der Waals surface area contributed by atoms with Crippen LogP contribution in [0.5, 0.6) is 5.75 Å². The lowest BCUT2D eigenvalue weighted by molar-refractivity contribution is -0.149. The van der Waals surface area contributed by atoms with Gasteiger partial charge in [-0.25, -0.2) is 15.2 Å². The van der Waals surface area contributed by atoms with Gasteiger partial charge in [-0.1, -0.05) is 6.07 Å². The molecule has 0 bridgehead atoms. The number of carbonyl (C=O) groups is 3. The molecule has 3 N–H and O–H groups in total. The number of pyridine rings is 1. The van der Waals surface area contributed by atoms with Crippen molar-refractivity contribution in [3.05, 3.63) is 54.7 Å². The summed E-state index contributed by atoms with van der Waals surface area (Å²) in [6.45, 7) is 9.74. The second kappa shape index (κ2) is 13.6. The van der Waals surface area contributed by atoms with Crippen LogP contribution in [0.15, 0.2) is 59.1 Å². The average Bonchev–Trinajstić information content (AvgIpc) is 3.61. The molecule has 1 aromatic carbocycles. The van der Waals surface area contributed by atoms with E-state index in [-0.39, 0.29) is 30.5 Å². The summed E-state index contributed by atoms with van der Waals surface area (Å²) in [6.07, 6.45) is 3.56. The number of amides is 1. The van der Waals surface area contributed by atoms with Crippen molar-refractivity contribution in [1.29, 1.82) is 0 Å². The molecule has 3 aromatic heterocycles. The maximum atomic E-state index is 14.8. The molecule has 0 unspecified atom stereocenters. The third kappa shape index (κ3) is 7.33. The second-order valence-electron chi connectivity index (χ2n) is 12.6. The van der Waals surface area contributed by atoms with Gasteiger partial charge in [-0.2, -0.15) is 0 Å². The number of rotatable bonds is 14. The summed E-state index contributed by atoms with van der Waals surface area (Å²) in [5.41, 5.74) is -0.110. The molecule has 5 rings (SSSR count). The van der Waals surface area contributed by atoms with E-state index >= 15 is 0 Å². The minimum atomic E-state index is -4.06. The number of benzene rings is 1. The van der Waals surface area contributed by atoms with Gasteiger partial charge in [0, 0.05) is 5.92 Å². The molecule has 1 aliphatic rings. The summed E-state index contributed by atoms with van der Waals surface area (Å²) < 4.78 is 39.1. The van der Waals surface area contributed by atoms with Gasteiger partial charge in [0.2, 0.25) is 5.91 Å². The molecule has 0 spiro atoms. The number of hydrogen-bond acceptors (Lipinski definition) is 9. The van der Waals surface area contributed by atoms with Crippen molar-refractivity contribution >= 4 is 42.3 Å². The van der Waals surface area contributed by atoms with Crippen molar-refractivity contribution in [3.8, 4) is 28.3 Å². The molecule has 0 atom stereocenters. The zero-order valence-electron chi connectivity index (χ0n) is 28.2. The molecule has 0 saturated heterocycles. The van der Waals surface area contributed by atoms with E-state index in [0.717, 1.165) is 24.1 Å². The largest absolute Gasteiger partial charge is 0.496 e. The van der Waals surface area contributed by atoms with Gasteiger partial charge >= 0.3 is 11.9 Å². The highest BCUT2D eigenvalue weighted by atomic mass is 31.2. The van der Waals surface area contributed by atoms with E-state index in [1.54, 1.807) is 32.2 Å². The zero-order chi connectivity index (χ0) is 34.9. The number of carbonyl (C=O) groups excluding carboxylic acids is 3. The number of methoxy groups -OCH3 is 1. The summed E-state index contributed by atoms with van der Waals surface area (Å²) in [7, 11) is -2.53. The van der Waals surface area contributed by atoms with Crippen molar-refractivity contribution in [2.45, 2.75) is 65.5 Å². The normalized spacial score (nSPS) is 13.7. The molecule has 256 valence electrons. The van der Waals surface area contributed by atoms with Crippen LogP contribution in [-0.2, 0) is 28.4 Å². The number of nitrogens with one attached hydrogen (secondary N) is 3. The number of nitrogens with zero attached hydrogens (tertiary/aromatic N) is 2. The number of esters is 2. The van der Waals surface area contributed by atoms with Crippen LogP contribution in [0.4, 0.5) is 5.82 Å². The number of furan rings is 1. The quantitative estimate of drug-likeness (QED) is 0.117. The molecule has 13 nitrogen and oxygen atoms in total. The van der Waals surface area contributed by atoms with Crippen LogP contribution in [0.25, 0.3) is 28.2 Å². The Morgan fingerprint density at radius 1 is 0.958 bits per heavy atom. The molecule has 14 heteroatoms. The highest BCUT2D eigenvalue weighted by Crippen LogP contribution is 2.44. The van der Waals surface area contributed by atoms with Crippen LogP contribution < -0.4 is 25.7 Å². The Balaban J connectivity index is 1.54. The fraction of sp³-hybridized carbons (Fsp3) is 0.412. The number of imidazole rings is 1. The Morgan fingerprint density at radius 3 is 2.19 bits per heavy atom. The van der Waals surface area contributed by atoms with Crippen molar-refractivity contribution in [1.82, 2.24) is 19.6 Å².